The number of amides is 1. The number of rotatable bonds is 6. The van der Waals surface area contributed by atoms with E-state index in [2.05, 4.69) is 4.90 Å². The molecule has 0 aliphatic carbocycles. The molecule has 0 aromatic heterocycles. The lowest BCUT2D eigenvalue weighted by molar-refractivity contribution is 0.0714. The second kappa shape index (κ2) is 8.79. The van der Waals surface area contributed by atoms with Crippen LogP contribution in [0.5, 0.6) is 0 Å². The number of ether oxygens (including phenoxy) is 1. The molecule has 2 rings (SSSR count). The van der Waals surface area contributed by atoms with Crippen molar-refractivity contribution < 1.29 is 14.6 Å². The maximum Gasteiger partial charge on any atom is 0.253 e. The van der Waals surface area contributed by atoms with E-state index >= 15 is 0 Å². The molecule has 1 N–H and O–H groups in total. The molecule has 25 heavy (non-hydrogen) atoms. The van der Waals surface area contributed by atoms with Crippen molar-refractivity contribution >= 4 is 5.91 Å². The van der Waals surface area contributed by atoms with Gasteiger partial charge in [0.2, 0.25) is 0 Å². The monoisotopic (exact) mass is 348 g/mol. The van der Waals surface area contributed by atoms with Crippen LogP contribution in [0.1, 0.15) is 36.2 Å². The van der Waals surface area contributed by atoms with Gasteiger partial charge in [-0.2, -0.15) is 0 Å². The Morgan fingerprint density at radius 2 is 2.16 bits per heavy atom. The molecule has 0 saturated carbocycles. The van der Waals surface area contributed by atoms with Crippen LogP contribution in [0.3, 0.4) is 0 Å². The van der Waals surface area contributed by atoms with Gasteiger partial charge in [0.05, 0.1) is 18.8 Å². The Labute approximate surface area is 151 Å². The van der Waals surface area contributed by atoms with Crippen LogP contribution in [-0.2, 0) is 11.2 Å². The first-order valence-electron chi connectivity index (χ1n) is 9.08. The number of benzene rings is 1. The molecular formula is C20H32N2O3. The van der Waals surface area contributed by atoms with E-state index in [1.165, 1.54) is 0 Å². The van der Waals surface area contributed by atoms with Gasteiger partial charge in [-0.15, -0.1) is 0 Å². The van der Waals surface area contributed by atoms with E-state index in [1.54, 1.807) is 0 Å². The summed E-state index contributed by atoms with van der Waals surface area (Å²) in [5.41, 5.74) is 1.12. The van der Waals surface area contributed by atoms with Crippen molar-refractivity contribution in [2.24, 2.45) is 5.92 Å². The molecule has 1 aliphatic heterocycles. The third-order valence-corrected chi connectivity index (χ3v) is 4.45. The van der Waals surface area contributed by atoms with Gasteiger partial charge >= 0.3 is 0 Å². The van der Waals surface area contributed by atoms with Crippen molar-refractivity contribution in [2.75, 3.05) is 46.9 Å². The summed E-state index contributed by atoms with van der Waals surface area (Å²) in [5.74, 6) is 0.402. The van der Waals surface area contributed by atoms with Crippen molar-refractivity contribution in [1.29, 1.82) is 0 Å². The Kier molecular flexibility index (Phi) is 6.99. The van der Waals surface area contributed by atoms with Gasteiger partial charge in [-0.05, 0) is 58.5 Å². The van der Waals surface area contributed by atoms with E-state index in [1.807, 2.05) is 57.1 Å². The Morgan fingerprint density at radius 3 is 2.84 bits per heavy atom. The van der Waals surface area contributed by atoms with Crippen LogP contribution in [-0.4, -0.2) is 73.4 Å². The molecule has 0 spiro atoms. The molecule has 1 aromatic carbocycles. The Bertz CT molecular complexity index is 566. The Balaban J connectivity index is 2.05. The van der Waals surface area contributed by atoms with E-state index in [9.17, 15) is 9.90 Å². The normalized spacial score (nSPS) is 19.1. The van der Waals surface area contributed by atoms with Gasteiger partial charge in [0.1, 0.15) is 0 Å². The molecule has 1 saturated heterocycles. The molecule has 1 heterocycles. The highest BCUT2D eigenvalue weighted by Crippen LogP contribution is 2.17. The molecule has 1 amide bonds. The van der Waals surface area contributed by atoms with Crippen molar-refractivity contribution in [3.05, 3.63) is 35.4 Å². The highest BCUT2D eigenvalue weighted by molar-refractivity contribution is 5.94. The van der Waals surface area contributed by atoms with Gasteiger partial charge in [-0.3, -0.25) is 4.79 Å². The zero-order valence-corrected chi connectivity index (χ0v) is 16.0. The summed E-state index contributed by atoms with van der Waals surface area (Å²) in [4.78, 5) is 17.0. The van der Waals surface area contributed by atoms with Crippen LogP contribution in [0.4, 0.5) is 0 Å². The quantitative estimate of drug-likeness (QED) is 0.855. The molecule has 1 atom stereocenters. The molecule has 0 unspecified atom stereocenters. The fraction of sp³-hybridized carbons (Fsp3) is 0.650. The standard InChI is InChI=1S/C20H32N2O3/c1-20(2,24)9-8-16-6-5-7-18(12-16)19(23)22-10-11-25-15-17(14-22)13-21(3)4/h5-7,12,17,24H,8-11,13-15H2,1-4H3/t17-/m1/s1. The molecule has 1 fully saturated rings. The molecule has 0 bridgehead atoms. The lowest BCUT2D eigenvalue weighted by Crippen LogP contribution is -2.38. The number of hydrogen-bond acceptors (Lipinski definition) is 4. The zero-order chi connectivity index (χ0) is 18.4. The number of aryl methyl sites for hydroxylation is 1. The number of carbonyl (C=O) groups excluding carboxylic acids is 1. The number of aliphatic hydroxyl groups is 1. The summed E-state index contributed by atoms with van der Waals surface area (Å²) in [6, 6.07) is 7.78. The van der Waals surface area contributed by atoms with Gasteiger partial charge < -0.3 is 19.6 Å². The predicted molar refractivity (Wildman–Crippen MR) is 99.8 cm³/mol. The summed E-state index contributed by atoms with van der Waals surface area (Å²) >= 11 is 0. The highest BCUT2D eigenvalue weighted by Gasteiger charge is 2.24. The predicted octanol–water partition coefficient (Wildman–Crippen LogP) is 2.04. The fourth-order valence-electron chi connectivity index (χ4n) is 3.18. The lowest BCUT2D eigenvalue weighted by Gasteiger charge is -2.25. The first-order chi connectivity index (χ1) is 11.7. The van der Waals surface area contributed by atoms with Gasteiger partial charge in [0, 0.05) is 31.1 Å². The minimum absolute atomic E-state index is 0.0689. The second-order valence-electron chi connectivity index (χ2n) is 7.97. The minimum atomic E-state index is -0.693. The molecular weight excluding hydrogens is 316 g/mol. The van der Waals surface area contributed by atoms with Crippen molar-refractivity contribution in [2.45, 2.75) is 32.3 Å². The zero-order valence-electron chi connectivity index (χ0n) is 16.0. The average molecular weight is 348 g/mol. The highest BCUT2D eigenvalue weighted by atomic mass is 16.5. The van der Waals surface area contributed by atoms with Crippen molar-refractivity contribution in [3.8, 4) is 0 Å². The van der Waals surface area contributed by atoms with Crippen LogP contribution in [0.2, 0.25) is 0 Å². The van der Waals surface area contributed by atoms with E-state index < -0.39 is 5.60 Å². The number of nitrogens with zero attached hydrogens (tertiary/aromatic N) is 2. The van der Waals surface area contributed by atoms with Crippen LogP contribution in [0, 0.1) is 5.92 Å². The van der Waals surface area contributed by atoms with E-state index in [0.29, 0.717) is 32.1 Å². The Hall–Kier alpha value is -1.43. The van der Waals surface area contributed by atoms with Crippen LogP contribution in [0.15, 0.2) is 24.3 Å². The minimum Gasteiger partial charge on any atom is -0.390 e. The molecule has 140 valence electrons. The SMILES string of the molecule is CN(C)C[C@H]1COCCN(C(=O)c2cccc(CCC(C)(C)O)c2)C1. The first-order valence-corrected chi connectivity index (χ1v) is 9.08. The van der Waals surface area contributed by atoms with Crippen molar-refractivity contribution in [3.63, 3.8) is 0 Å². The smallest absolute Gasteiger partial charge is 0.253 e. The lowest BCUT2D eigenvalue weighted by atomic mass is 9.97. The van der Waals surface area contributed by atoms with E-state index in [4.69, 9.17) is 4.74 Å². The molecule has 0 radical (unpaired) electrons. The molecule has 5 nitrogen and oxygen atoms in total. The van der Waals surface area contributed by atoms with E-state index in [0.717, 1.165) is 30.6 Å². The maximum absolute atomic E-state index is 12.9. The summed E-state index contributed by atoms with van der Waals surface area (Å²) in [7, 11) is 4.09. The molecule has 1 aromatic rings. The third-order valence-electron chi connectivity index (χ3n) is 4.45. The van der Waals surface area contributed by atoms with E-state index in [-0.39, 0.29) is 5.91 Å². The summed E-state index contributed by atoms with van der Waals surface area (Å²) in [6.07, 6.45) is 1.43. The topological polar surface area (TPSA) is 53.0 Å². The van der Waals surface area contributed by atoms with Crippen LogP contribution >= 0.6 is 0 Å². The number of hydrogen-bond donors (Lipinski definition) is 1. The fourth-order valence-corrected chi connectivity index (χ4v) is 3.18. The molecule has 5 heteroatoms. The summed E-state index contributed by atoms with van der Waals surface area (Å²) in [5, 5.41) is 9.90. The maximum atomic E-state index is 12.9. The Morgan fingerprint density at radius 1 is 1.40 bits per heavy atom. The third kappa shape index (κ3) is 6.77. The first kappa shape index (κ1) is 19.9. The average Bonchev–Trinajstić information content (AvgIpc) is 2.77. The largest absolute Gasteiger partial charge is 0.390 e. The number of carbonyl (C=O) groups is 1. The van der Waals surface area contributed by atoms with Crippen molar-refractivity contribution in [1.82, 2.24) is 9.80 Å². The second-order valence-corrected chi connectivity index (χ2v) is 7.97. The summed E-state index contributed by atoms with van der Waals surface area (Å²) in [6.45, 7) is 7.19. The van der Waals surface area contributed by atoms with Crippen LogP contribution in [0.25, 0.3) is 0 Å². The van der Waals surface area contributed by atoms with Crippen LogP contribution < -0.4 is 0 Å². The van der Waals surface area contributed by atoms with Gasteiger partial charge in [0.15, 0.2) is 0 Å². The molecule has 1 aliphatic rings. The van der Waals surface area contributed by atoms with Gasteiger partial charge in [-0.1, -0.05) is 12.1 Å². The van der Waals surface area contributed by atoms with Gasteiger partial charge in [-0.25, -0.2) is 0 Å². The van der Waals surface area contributed by atoms with Gasteiger partial charge in [0.25, 0.3) is 5.91 Å². The summed E-state index contributed by atoms with van der Waals surface area (Å²) < 4.78 is 5.68.